The average molecular weight is 341 g/mol. The van der Waals surface area contributed by atoms with Crippen molar-refractivity contribution in [3.63, 3.8) is 0 Å². The first-order chi connectivity index (χ1) is 9.81. The zero-order chi connectivity index (χ0) is 15.9. The van der Waals surface area contributed by atoms with Crippen LogP contribution in [0.4, 0.5) is 13.2 Å². The molecule has 0 heterocycles. The fraction of sp³-hybridized carbons (Fsp3) is 0.500. The van der Waals surface area contributed by atoms with E-state index < -0.39 is 12.8 Å². The minimum atomic E-state index is -4.39. The molecule has 8 heteroatoms. The first kappa shape index (κ1) is 20.5. The molecule has 126 valence electrons. The Kier molecular flexibility index (Phi) is 8.89. The lowest BCUT2D eigenvalue weighted by molar-refractivity contribution is -0.153. The van der Waals surface area contributed by atoms with Gasteiger partial charge in [-0.05, 0) is 25.6 Å². The highest BCUT2D eigenvalue weighted by molar-refractivity contribution is 5.85. The zero-order valence-corrected chi connectivity index (χ0v) is 13.2. The van der Waals surface area contributed by atoms with Crippen LogP contribution >= 0.6 is 12.4 Å². The summed E-state index contributed by atoms with van der Waals surface area (Å²) in [6.07, 6.45) is -4.09. The van der Waals surface area contributed by atoms with Crippen molar-refractivity contribution in [1.29, 1.82) is 0 Å². The normalized spacial score (nSPS) is 10.8. The molecule has 0 saturated carbocycles. The van der Waals surface area contributed by atoms with Gasteiger partial charge in [0.2, 0.25) is 5.91 Å². The smallest absolute Gasteiger partial charge is 0.422 e. The van der Waals surface area contributed by atoms with Crippen LogP contribution in [0.1, 0.15) is 17.5 Å². The second-order valence-electron chi connectivity index (χ2n) is 4.65. The molecule has 0 aliphatic heterocycles. The minimum Gasteiger partial charge on any atom is -0.484 e. The molecule has 1 rings (SSSR count). The van der Waals surface area contributed by atoms with Crippen molar-refractivity contribution < 1.29 is 22.7 Å². The van der Waals surface area contributed by atoms with E-state index in [2.05, 4.69) is 10.6 Å². The molecule has 1 aromatic carbocycles. The number of amides is 1. The fourth-order valence-electron chi connectivity index (χ4n) is 1.62. The molecule has 0 spiro atoms. The van der Waals surface area contributed by atoms with Gasteiger partial charge in [-0.25, -0.2) is 0 Å². The van der Waals surface area contributed by atoms with Gasteiger partial charge in [-0.2, -0.15) is 13.2 Å². The van der Waals surface area contributed by atoms with Crippen molar-refractivity contribution in [2.24, 2.45) is 0 Å². The largest absolute Gasteiger partial charge is 0.484 e. The summed E-state index contributed by atoms with van der Waals surface area (Å²) in [5.74, 6) is -0.0343. The maximum atomic E-state index is 12.2. The van der Waals surface area contributed by atoms with E-state index in [1.54, 1.807) is 26.1 Å². The summed E-state index contributed by atoms with van der Waals surface area (Å²) in [6, 6.07) is 4.94. The fourth-order valence-corrected chi connectivity index (χ4v) is 1.62. The van der Waals surface area contributed by atoms with Crippen LogP contribution in [0.25, 0.3) is 0 Å². The molecular weight excluding hydrogens is 321 g/mol. The molecule has 0 aliphatic carbocycles. The van der Waals surface area contributed by atoms with Gasteiger partial charge in [-0.3, -0.25) is 4.79 Å². The molecule has 0 saturated heterocycles. The quantitative estimate of drug-likeness (QED) is 0.802. The third-order valence-electron chi connectivity index (χ3n) is 2.69. The van der Waals surface area contributed by atoms with Crippen molar-refractivity contribution >= 4 is 18.3 Å². The van der Waals surface area contributed by atoms with E-state index in [1.807, 2.05) is 0 Å². The van der Waals surface area contributed by atoms with Gasteiger partial charge in [0.05, 0.1) is 0 Å². The number of halogens is 4. The number of benzene rings is 1. The van der Waals surface area contributed by atoms with E-state index in [0.717, 1.165) is 5.56 Å². The molecule has 0 radical (unpaired) electrons. The molecule has 2 N–H and O–H groups in total. The summed E-state index contributed by atoms with van der Waals surface area (Å²) in [5, 5.41) is 5.49. The van der Waals surface area contributed by atoms with E-state index in [-0.39, 0.29) is 30.6 Å². The molecule has 0 fully saturated rings. The Balaban J connectivity index is 0.00000441. The summed E-state index contributed by atoms with van der Waals surface area (Å²) >= 11 is 0. The second-order valence-corrected chi connectivity index (χ2v) is 4.65. The highest BCUT2D eigenvalue weighted by atomic mass is 35.5. The van der Waals surface area contributed by atoms with Crippen LogP contribution < -0.4 is 15.4 Å². The van der Waals surface area contributed by atoms with E-state index >= 15 is 0 Å². The molecule has 1 aromatic rings. The van der Waals surface area contributed by atoms with Gasteiger partial charge in [0.15, 0.2) is 6.61 Å². The van der Waals surface area contributed by atoms with Gasteiger partial charge in [0.1, 0.15) is 5.75 Å². The maximum Gasteiger partial charge on any atom is 0.422 e. The first-order valence-corrected chi connectivity index (χ1v) is 6.52. The summed E-state index contributed by atoms with van der Waals surface area (Å²) in [5.41, 5.74) is 1.31. The lowest BCUT2D eigenvalue weighted by Crippen LogP contribution is -2.26. The van der Waals surface area contributed by atoms with Crippen LogP contribution in [-0.2, 0) is 11.3 Å². The number of hydrogen-bond acceptors (Lipinski definition) is 3. The topological polar surface area (TPSA) is 50.4 Å². The Morgan fingerprint density at radius 3 is 2.59 bits per heavy atom. The van der Waals surface area contributed by atoms with E-state index in [4.69, 9.17) is 4.74 Å². The van der Waals surface area contributed by atoms with Gasteiger partial charge in [-0.1, -0.05) is 12.1 Å². The lowest BCUT2D eigenvalue weighted by atomic mass is 10.1. The molecule has 4 nitrogen and oxygen atoms in total. The Hall–Kier alpha value is -1.47. The van der Waals surface area contributed by atoms with Gasteiger partial charge in [-0.15, -0.1) is 12.4 Å². The van der Waals surface area contributed by atoms with Crippen molar-refractivity contribution in [2.75, 3.05) is 20.2 Å². The Labute approximate surface area is 133 Å². The van der Waals surface area contributed by atoms with Crippen LogP contribution in [0.3, 0.4) is 0 Å². The third-order valence-corrected chi connectivity index (χ3v) is 2.69. The van der Waals surface area contributed by atoms with Crippen LogP contribution in [0.15, 0.2) is 18.2 Å². The Bertz CT molecular complexity index is 482. The molecule has 0 bridgehead atoms. The average Bonchev–Trinajstić information content (AvgIpc) is 2.41. The van der Waals surface area contributed by atoms with Gasteiger partial charge >= 0.3 is 6.18 Å². The van der Waals surface area contributed by atoms with Gasteiger partial charge < -0.3 is 15.4 Å². The number of hydrogen-bond donors (Lipinski definition) is 2. The Morgan fingerprint density at radius 1 is 1.32 bits per heavy atom. The number of rotatable bonds is 7. The van der Waals surface area contributed by atoms with Gasteiger partial charge in [0, 0.05) is 25.1 Å². The van der Waals surface area contributed by atoms with Crippen molar-refractivity contribution in [3.8, 4) is 5.75 Å². The van der Waals surface area contributed by atoms with Crippen molar-refractivity contribution in [2.45, 2.75) is 26.1 Å². The molecule has 1 amide bonds. The number of ether oxygens (including phenoxy) is 1. The molecule has 0 atom stereocenters. The molecule has 0 unspecified atom stereocenters. The minimum absolute atomic E-state index is 0. The summed E-state index contributed by atoms with van der Waals surface area (Å²) < 4.78 is 41.5. The summed E-state index contributed by atoms with van der Waals surface area (Å²) in [6.45, 7) is 1.08. The SMILES string of the molecule is CNCCC(=O)NCc1ccc(C)cc1OCC(F)(F)F.Cl. The standard InChI is InChI=1S/C14H19F3N2O2.ClH/c1-10-3-4-11(8-19-13(20)5-6-18-2)12(7-10)21-9-14(15,16)17;/h3-4,7,18H,5-6,8-9H2,1-2H3,(H,19,20);1H. The van der Waals surface area contributed by atoms with E-state index in [1.165, 1.54) is 6.07 Å². The zero-order valence-electron chi connectivity index (χ0n) is 12.4. The van der Waals surface area contributed by atoms with Crippen LogP contribution in [-0.4, -0.2) is 32.3 Å². The molecule has 0 aromatic heterocycles. The Morgan fingerprint density at radius 2 is 2.00 bits per heavy atom. The maximum absolute atomic E-state index is 12.2. The van der Waals surface area contributed by atoms with E-state index in [9.17, 15) is 18.0 Å². The molecule has 22 heavy (non-hydrogen) atoms. The number of nitrogens with one attached hydrogen (secondary N) is 2. The third kappa shape index (κ3) is 8.09. The van der Waals surface area contributed by atoms with Crippen LogP contribution in [0, 0.1) is 6.92 Å². The van der Waals surface area contributed by atoms with Gasteiger partial charge in [0.25, 0.3) is 0 Å². The van der Waals surface area contributed by atoms with Crippen molar-refractivity contribution in [1.82, 2.24) is 10.6 Å². The van der Waals surface area contributed by atoms with Crippen molar-refractivity contribution in [3.05, 3.63) is 29.3 Å². The monoisotopic (exact) mass is 340 g/mol. The summed E-state index contributed by atoms with van der Waals surface area (Å²) in [7, 11) is 1.73. The number of alkyl halides is 3. The highest BCUT2D eigenvalue weighted by Gasteiger charge is 2.28. The van der Waals surface area contributed by atoms with E-state index in [0.29, 0.717) is 18.5 Å². The predicted molar refractivity (Wildman–Crippen MR) is 80.4 cm³/mol. The lowest BCUT2D eigenvalue weighted by Gasteiger charge is -2.14. The highest BCUT2D eigenvalue weighted by Crippen LogP contribution is 2.23. The number of carbonyl (C=O) groups excluding carboxylic acids is 1. The number of aryl methyl sites for hydroxylation is 1. The number of carbonyl (C=O) groups is 1. The summed E-state index contributed by atoms with van der Waals surface area (Å²) in [4.78, 5) is 11.5. The molecule has 0 aliphatic rings. The second kappa shape index (κ2) is 9.53. The predicted octanol–water partition coefficient (Wildman–Crippen LogP) is 2.58. The first-order valence-electron chi connectivity index (χ1n) is 6.52. The molecular formula is C14H20ClF3N2O2. The van der Waals surface area contributed by atoms with Crippen LogP contribution in [0.2, 0.25) is 0 Å². The van der Waals surface area contributed by atoms with Crippen LogP contribution in [0.5, 0.6) is 5.75 Å².